The van der Waals surface area contributed by atoms with Gasteiger partial charge in [0, 0.05) is 13.5 Å². The Bertz CT molecular complexity index is 437. The van der Waals surface area contributed by atoms with Crippen molar-refractivity contribution in [2.45, 2.75) is 71.2 Å². The molecule has 1 aliphatic heterocycles. The van der Waals surface area contributed by atoms with Crippen molar-refractivity contribution in [3.05, 3.63) is 0 Å². The molecule has 0 spiro atoms. The van der Waals surface area contributed by atoms with Crippen LogP contribution in [0.2, 0.25) is 0 Å². The molecule has 0 aromatic heterocycles. The standard InChI is InChI=1S/C20H39NO8/c1-5-16-18(23)19(24)17(21-15(4)22)20(29-16)28-13-12-27-11-10-26-9-8-25-7-6-14(2)3/h14,16-20,23-24H,5-13H2,1-4H3,(H,21,22)/t16-,17-,18+,19-,20?/m1/s1. The monoisotopic (exact) mass is 421 g/mol. The SMILES string of the molecule is CC[C@H]1OC(OCCOCCOCCOCCC(C)C)[C@H](NC(C)=O)[C@@H](O)[C@H]1O. The molecule has 1 amide bonds. The zero-order chi connectivity index (χ0) is 21.6. The first-order chi connectivity index (χ1) is 13.9. The molecule has 1 fully saturated rings. The molecule has 5 atom stereocenters. The van der Waals surface area contributed by atoms with E-state index in [0.717, 1.165) is 13.0 Å². The molecule has 3 N–H and O–H groups in total. The van der Waals surface area contributed by atoms with Gasteiger partial charge in [-0.15, -0.1) is 0 Å². The van der Waals surface area contributed by atoms with Crippen LogP contribution >= 0.6 is 0 Å². The Morgan fingerprint density at radius 2 is 1.52 bits per heavy atom. The maximum absolute atomic E-state index is 11.4. The van der Waals surface area contributed by atoms with Crippen LogP contribution in [0, 0.1) is 5.92 Å². The molecule has 0 bridgehead atoms. The lowest BCUT2D eigenvalue weighted by Crippen LogP contribution is -2.63. The zero-order valence-electron chi connectivity index (χ0n) is 18.2. The summed E-state index contributed by atoms with van der Waals surface area (Å²) in [6, 6.07) is -0.843. The number of nitrogens with one attached hydrogen (secondary N) is 1. The second-order valence-electron chi connectivity index (χ2n) is 7.55. The highest BCUT2D eigenvalue weighted by atomic mass is 16.7. The quantitative estimate of drug-likeness (QED) is 0.327. The van der Waals surface area contributed by atoms with Crippen LogP contribution in [0.15, 0.2) is 0 Å². The van der Waals surface area contributed by atoms with E-state index in [0.29, 0.717) is 45.4 Å². The minimum atomic E-state index is -1.17. The van der Waals surface area contributed by atoms with Gasteiger partial charge in [0.15, 0.2) is 6.29 Å². The van der Waals surface area contributed by atoms with Crippen molar-refractivity contribution in [1.29, 1.82) is 0 Å². The van der Waals surface area contributed by atoms with Crippen molar-refractivity contribution in [1.82, 2.24) is 5.32 Å². The predicted octanol–water partition coefficient (Wildman–Crippen LogP) is 0.460. The molecule has 0 aliphatic carbocycles. The number of hydrogen-bond donors (Lipinski definition) is 3. The molecule has 0 saturated carbocycles. The van der Waals surface area contributed by atoms with Gasteiger partial charge in [-0.3, -0.25) is 4.79 Å². The summed E-state index contributed by atoms with van der Waals surface area (Å²) in [5.41, 5.74) is 0. The molecule has 0 aromatic carbocycles. The first-order valence-corrected chi connectivity index (χ1v) is 10.5. The van der Waals surface area contributed by atoms with Crippen LogP contribution in [0.25, 0.3) is 0 Å². The molecular weight excluding hydrogens is 382 g/mol. The minimum absolute atomic E-state index is 0.221. The van der Waals surface area contributed by atoms with Gasteiger partial charge in [-0.2, -0.15) is 0 Å². The van der Waals surface area contributed by atoms with E-state index in [1.54, 1.807) is 0 Å². The maximum Gasteiger partial charge on any atom is 0.217 e. The third-order valence-corrected chi connectivity index (χ3v) is 4.57. The van der Waals surface area contributed by atoms with E-state index in [4.69, 9.17) is 23.7 Å². The van der Waals surface area contributed by atoms with E-state index in [9.17, 15) is 15.0 Å². The van der Waals surface area contributed by atoms with Crippen LogP contribution < -0.4 is 5.32 Å². The van der Waals surface area contributed by atoms with Crippen molar-refractivity contribution in [3.63, 3.8) is 0 Å². The number of aliphatic hydroxyl groups excluding tert-OH is 2. The fourth-order valence-electron chi connectivity index (χ4n) is 2.88. The van der Waals surface area contributed by atoms with E-state index < -0.39 is 30.6 Å². The van der Waals surface area contributed by atoms with Gasteiger partial charge in [0.1, 0.15) is 18.2 Å². The van der Waals surface area contributed by atoms with E-state index >= 15 is 0 Å². The fourth-order valence-corrected chi connectivity index (χ4v) is 2.88. The van der Waals surface area contributed by atoms with Crippen molar-refractivity contribution in [2.75, 3.05) is 46.2 Å². The predicted molar refractivity (Wildman–Crippen MR) is 106 cm³/mol. The van der Waals surface area contributed by atoms with Gasteiger partial charge in [0.2, 0.25) is 5.91 Å². The summed E-state index contributed by atoms with van der Waals surface area (Å²) in [5, 5.41) is 23.0. The molecule has 0 radical (unpaired) electrons. The highest BCUT2D eigenvalue weighted by molar-refractivity contribution is 5.73. The smallest absolute Gasteiger partial charge is 0.217 e. The molecule has 172 valence electrons. The van der Waals surface area contributed by atoms with Crippen molar-refractivity contribution < 1.29 is 38.7 Å². The number of rotatable bonds is 15. The Morgan fingerprint density at radius 3 is 2.03 bits per heavy atom. The lowest BCUT2D eigenvalue weighted by atomic mass is 9.95. The Balaban J connectivity index is 2.15. The number of ether oxygens (including phenoxy) is 5. The Labute approximate surface area is 174 Å². The molecule has 0 aromatic rings. The van der Waals surface area contributed by atoms with Crippen LogP contribution in [0.5, 0.6) is 0 Å². The Morgan fingerprint density at radius 1 is 0.966 bits per heavy atom. The second kappa shape index (κ2) is 15.1. The van der Waals surface area contributed by atoms with Gasteiger partial charge in [0.25, 0.3) is 0 Å². The number of carbonyl (C=O) groups excluding carboxylic acids is 1. The first-order valence-electron chi connectivity index (χ1n) is 10.5. The van der Waals surface area contributed by atoms with Gasteiger partial charge in [0.05, 0.1) is 45.7 Å². The van der Waals surface area contributed by atoms with Gasteiger partial charge in [-0.1, -0.05) is 20.8 Å². The van der Waals surface area contributed by atoms with Crippen molar-refractivity contribution in [2.24, 2.45) is 5.92 Å². The van der Waals surface area contributed by atoms with Crippen LogP contribution in [-0.2, 0) is 28.5 Å². The van der Waals surface area contributed by atoms with Gasteiger partial charge < -0.3 is 39.2 Å². The Kier molecular flexibility index (Phi) is 13.6. The molecule has 1 heterocycles. The van der Waals surface area contributed by atoms with Crippen molar-refractivity contribution in [3.8, 4) is 0 Å². The number of carbonyl (C=O) groups is 1. The summed E-state index contributed by atoms with van der Waals surface area (Å²) in [4.78, 5) is 11.4. The summed E-state index contributed by atoms with van der Waals surface area (Å²) >= 11 is 0. The van der Waals surface area contributed by atoms with Crippen LogP contribution in [0.4, 0.5) is 0 Å². The highest BCUT2D eigenvalue weighted by Gasteiger charge is 2.44. The van der Waals surface area contributed by atoms with E-state index in [1.165, 1.54) is 6.92 Å². The average molecular weight is 422 g/mol. The number of hydrogen-bond acceptors (Lipinski definition) is 8. The highest BCUT2D eigenvalue weighted by Crippen LogP contribution is 2.24. The zero-order valence-corrected chi connectivity index (χ0v) is 18.2. The summed E-state index contributed by atoms with van der Waals surface area (Å²) in [7, 11) is 0. The lowest BCUT2D eigenvalue weighted by Gasteiger charge is -2.42. The summed E-state index contributed by atoms with van der Waals surface area (Å²) in [5.74, 6) is 0.301. The molecule has 1 unspecified atom stereocenters. The summed E-state index contributed by atoms with van der Waals surface area (Å²) in [6.45, 7) is 10.8. The molecular formula is C20H39NO8. The minimum Gasteiger partial charge on any atom is -0.388 e. The summed E-state index contributed by atoms with van der Waals surface area (Å²) < 4.78 is 27.7. The first kappa shape index (κ1) is 26.2. The molecule has 29 heavy (non-hydrogen) atoms. The molecule has 9 heteroatoms. The van der Waals surface area contributed by atoms with Crippen LogP contribution in [-0.4, -0.2) is 93.0 Å². The van der Waals surface area contributed by atoms with Gasteiger partial charge >= 0.3 is 0 Å². The van der Waals surface area contributed by atoms with E-state index in [2.05, 4.69) is 19.2 Å². The second-order valence-corrected chi connectivity index (χ2v) is 7.55. The topological polar surface area (TPSA) is 116 Å². The van der Waals surface area contributed by atoms with Crippen LogP contribution in [0.1, 0.15) is 40.5 Å². The maximum atomic E-state index is 11.4. The average Bonchev–Trinajstić information content (AvgIpc) is 2.67. The fraction of sp³-hybridized carbons (Fsp3) is 0.950. The van der Waals surface area contributed by atoms with Gasteiger partial charge in [-0.25, -0.2) is 0 Å². The summed E-state index contributed by atoms with van der Waals surface area (Å²) in [6.07, 6.45) is -2.10. The molecule has 1 saturated heterocycles. The normalized spacial score (nSPS) is 27.3. The van der Waals surface area contributed by atoms with E-state index in [1.807, 2.05) is 6.92 Å². The molecule has 1 rings (SSSR count). The lowest BCUT2D eigenvalue weighted by molar-refractivity contribution is -0.266. The largest absolute Gasteiger partial charge is 0.388 e. The third-order valence-electron chi connectivity index (χ3n) is 4.57. The Hall–Kier alpha value is -0.810. The third kappa shape index (κ3) is 10.7. The van der Waals surface area contributed by atoms with E-state index in [-0.39, 0.29) is 12.5 Å². The molecule has 1 aliphatic rings. The molecule has 9 nitrogen and oxygen atoms in total. The number of amides is 1. The van der Waals surface area contributed by atoms with Gasteiger partial charge in [-0.05, 0) is 18.8 Å². The number of aliphatic hydroxyl groups is 2. The van der Waals surface area contributed by atoms with Crippen molar-refractivity contribution >= 4 is 5.91 Å². The van der Waals surface area contributed by atoms with Crippen LogP contribution in [0.3, 0.4) is 0 Å².